The summed E-state index contributed by atoms with van der Waals surface area (Å²) in [4.78, 5) is 0. The van der Waals surface area contributed by atoms with Crippen molar-refractivity contribution < 1.29 is 4.74 Å². The average Bonchev–Trinajstić information content (AvgIpc) is 2.63. The van der Waals surface area contributed by atoms with Crippen molar-refractivity contribution in [2.45, 2.75) is 63.9 Å². The highest BCUT2D eigenvalue weighted by Crippen LogP contribution is 2.39. The maximum absolute atomic E-state index is 6.30. The van der Waals surface area contributed by atoms with Crippen molar-refractivity contribution in [3.63, 3.8) is 0 Å². The van der Waals surface area contributed by atoms with Crippen molar-refractivity contribution in [2.24, 2.45) is 11.8 Å². The van der Waals surface area contributed by atoms with Crippen LogP contribution in [0.25, 0.3) is 10.8 Å². The van der Waals surface area contributed by atoms with Gasteiger partial charge in [-0.3, -0.25) is 0 Å². The van der Waals surface area contributed by atoms with Crippen molar-refractivity contribution >= 4 is 10.8 Å². The molecule has 23 heavy (non-hydrogen) atoms. The smallest absolute Gasteiger partial charge is 0.120 e. The topological polar surface area (TPSA) is 9.23 Å². The first-order valence-corrected chi connectivity index (χ1v) is 9.54. The lowest BCUT2D eigenvalue weighted by Crippen LogP contribution is -2.28. The number of hydrogen-bond acceptors (Lipinski definition) is 1. The lowest BCUT2D eigenvalue weighted by molar-refractivity contribution is 0.0992. The van der Waals surface area contributed by atoms with Gasteiger partial charge in [-0.1, -0.05) is 62.4 Å². The third kappa shape index (κ3) is 3.54. The second-order valence-corrected chi connectivity index (χ2v) is 7.56. The van der Waals surface area contributed by atoms with Gasteiger partial charge < -0.3 is 4.74 Å². The molecule has 0 amide bonds. The highest BCUT2D eigenvalue weighted by molar-refractivity contribution is 5.83. The molecule has 0 spiro atoms. The van der Waals surface area contributed by atoms with E-state index < -0.39 is 0 Å². The van der Waals surface area contributed by atoms with Gasteiger partial charge in [0.25, 0.3) is 0 Å². The van der Waals surface area contributed by atoms with E-state index in [1.165, 1.54) is 68.6 Å². The molecule has 122 valence electrons. The summed E-state index contributed by atoms with van der Waals surface area (Å²) in [6.45, 7) is 0. The molecule has 0 unspecified atom stereocenters. The molecule has 2 aliphatic carbocycles. The SMILES string of the molecule is c1ccc2cc(OC3CCC(C4CCCCC4)CC3)ccc2c1. The summed E-state index contributed by atoms with van der Waals surface area (Å²) in [5.74, 6) is 3.04. The Balaban J connectivity index is 1.34. The molecule has 4 rings (SSSR count). The number of rotatable bonds is 3. The lowest BCUT2D eigenvalue weighted by Gasteiger charge is -2.35. The quantitative estimate of drug-likeness (QED) is 0.641. The lowest BCUT2D eigenvalue weighted by atomic mass is 9.73. The largest absolute Gasteiger partial charge is 0.490 e. The summed E-state index contributed by atoms with van der Waals surface area (Å²) in [5.41, 5.74) is 0. The van der Waals surface area contributed by atoms with E-state index in [2.05, 4.69) is 42.5 Å². The predicted molar refractivity (Wildman–Crippen MR) is 96.9 cm³/mol. The molecule has 0 saturated heterocycles. The summed E-state index contributed by atoms with van der Waals surface area (Å²) >= 11 is 0. The van der Waals surface area contributed by atoms with Gasteiger partial charge in [0.2, 0.25) is 0 Å². The monoisotopic (exact) mass is 308 g/mol. The average molecular weight is 308 g/mol. The molecule has 0 aliphatic heterocycles. The fourth-order valence-corrected chi connectivity index (χ4v) is 4.72. The van der Waals surface area contributed by atoms with Crippen LogP contribution < -0.4 is 4.74 Å². The molecule has 1 nitrogen and oxygen atoms in total. The Bertz CT molecular complexity index is 633. The summed E-state index contributed by atoms with van der Waals surface area (Å²) < 4.78 is 6.30. The van der Waals surface area contributed by atoms with Crippen LogP contribution in [0.1, 0.15) is 57.8 Å². The summed E-state index contributed by atoms with van der Waals surface area (Å²) in [7, 11) is 0. The first-order valence-electron chi connectivity index (χ1n) is 9.54. The minimum Gasteiger partial charge on any atom is -0.490 e. The van der Waals surface area contributed by atoms with Crippen LogP contribution in [0.4, 0.5) is 0 Å². The Labute approximate surface area is 140 Å². The summed E-state index contributed by atoms with van der Waals surface area (Å²) in [5, 5.41) is 2.57. The highest BCUT2D eigenvalue weighted by atomic mass is 16.5. The highest BCUT2D eigenvalue weighted by Gasteiger charge is 2.29. The molecule has 0 N–H and O–H groups in total. The number of ether oxygens (including phenoxy) is 1. The third-order valence-corrected chi connectivity index (χ3v) is 6.06. The Morgan fingerprint density at radius 2 is 1.35 bits per heavy atom. The Kier molecular flexibility index (Phi) is 4.55. The van der Waals surface area contributed by atoms with Crippen molar-refractivity contribution in [1.29, 1.82) is 0 Å². The molecule has 2 aromatic carbocycles. The summed E-state index contributed by atoms with van der Waals surface area (Å²) in [6.07, 6.45) is 13.1. The molecule has 2 aliphatic rings. The third-order valence-electron chi connectivity index (χ3n) is 6.06. The molecule has 2 saturated carbocycles. The van der Waals surface area contributed by atoms with E-state index in [-0.39, 0.29) is 0 Å². The molecule has 2 aromatic rings. The maximum Gasteiger partial charge on any atom is 0.120 e. The Morgan fingerprint density at radius 3 is 2.13 bits per heavy atom. The van der Waals surface area contributed by atoms with Crippen LogP contribution in [0.5, 0.6) is 5.75 Å². The van der Waals surface area contributed by atoms with E-state index in [1.807, 2.05) is 0 Å². The van der Waals surface area contributed by atoms with Crippen molar-refractivity contribution in [2.75, 3.05) is 0 Å². The van der Waals surface area contributed by atoms with Crippen molar-refractivity contribution in [3.8, 4) is 5.75 Å². The fraction of sp³-hybridized carbons (Fsp3) is 0.545. The second kappa shape index (κ2) is 6.95. The van der Waals surface area contributed by atoms with E-state index in [0.717, 1.165) is 17.6 Å². The van der Waals surface area contributed by atoms with Gasteiger partial charge in [0.15, 0.2) is 0 Å². The number of benzene rings is 2. The van der Waals surface area contributed by atoms with Crippen molar-refractivity contribution in [1.82, 2.24) is 0 Å². The zero-order valence-electron chi connectivity index (χ0n) is 14.0. The van der Waals surface area contributed by atoms with Crippen LogP contribution in [0, 0.1) is 11.8 Å². The molecule has 0 aromatic heterocycles. The standard InChI is InChI=1S/C22H28O/c1-2-6-17(7-3-1)19-10-13-21(14-11-19)23-22-15-12-18-8-4-5-9-20(18)16-22/h4-5,8-9,12,15-17,19,21H,1-3,6-7,10-11,13-14H2. The first-order chi connectivity index (χ1) is 11.4. The maximum atomic E-state index is 6.30. The van der Waals surface area contributed by atoms with E-state index in [0.29, 0.717) is 6.10 Å². The van der Waals surface area contributed by atoms with Crippen molar-refractivity contribution in [3.05, 3.63) is 42.5 Å². The second-order valence-electron chi connectivity index (χ2n) is 7.56. The normalized spacial score (nSPS) is 26.3. The van der Waals surface area contributed by atoms with Gasteiger partial charge in [-0.05, 0) is 60.4 Å². The van der Waals surface area contributed by atoms with Gasteiger partial charge in [-0.15, -0.1) is 0 Å². The van der Waals surface area contributed by atoms with Crippen LogP contribution >= 0.6 is 0 Å². The van der Waals surface area contributed by atoms with Gasteiger partial charge in [0.05, 0.1) is 6.10 Å². The molecule has 1 heteroatoms. The number of hydrogen-bond donors (Lipinski definition) is 0. The van der Waals surface area contributed by atoms with Crippen LogP contribution in [0.3, 0.4) is 0 Å². The van der Waals surface area contributed by atoms with Crippen LogP contribution in [0.2, 0.25) is 0 Å². The summed E-state index contributed by atoms with van der Waals surface area (Å²) in [6, 6.07) is 15.0. The van der Waals surface area contributed by atoms with E-state index >= 15 is 0 Å². The zero-order valence-corrected chi connectivity index (χ0v) is 14.0. The van der Waals surface area contributed by atoms with Crippen LogP contribution in [-0.4, -0.2) is 6.10 Å². The molecule has 2 fully saturated rings. The molecule has 0 radical (unpaired) electrons. The molecular formula is C22H28O. The van der Waals surface area contributed by atoms with Gasteiger partial charge in [0, 0.05) is 0 Å². The van der Waals surface area contributed by atoms with Crippen LogP contribution in [-0.2, 0) is 0 Å². The zero-order chi connectivity index (χ0) is 15.5. The molecular weight excluding hydrogens is 280 g/mol. The van der Waals surface area contributed by atoms with Gasteiger partial charge in [0.1, 0.15) is 5.75 Å². The van der Waals surface area contributed by atoms with Gasteiger partial charge >= 0.3 is 0 Å². The molecule has 0 heterocycles. The van der Waals surface area contributed by atoms with Gasteiger partial charge in [-0.25, -0.2) is 0 Å². The first kappa shape index (κ1) is 15.1. The molecule has 0 bridgehead atoms. The fourth-order valence-electron chi connectivity index (χ4n) is 4.72. The Morgan fingerprint density at radius 1 is 0.652 bits per heavy atom. The van der Waals surface area contributed by atoms with E-state index in [9.17, 15) is 0 Å². The Hall–Kier alpha value is -1.50. The van der Waals surface area contributed by atoms with Gasteiger partial charge in [-0.2, -0.15) is 0 Å². The van der Waals surface area contributed by atoms with Crippen LogP contribution in [0.15, 0.2) is 42.5 Å². The van der Waals surface area contributed by atoms with E-state index in [4.69, 9.17) is 4.74 Å². The van der Waals surface area contributed by atoms with E-state index in [1.54, 1.807) is 0 Å². The minimum absolute atomic E-state index is 0.427. The minimum atomic E-state index is 0.427. The molecule has 0 atom stereocenters. The number of fused-ring (bicyclic) bond motifs is 1. The predicted octanol–water partition coefficient (Wildman–Crippen LogP) is 6.36.